The Kier molecular flexibility index (Phi) is 8.12. The molecule has 3 fully saturated rings. The van der Waals surface area contributed by atoms with Gasteiger partial charge in [0, 0.05) is 29.4 Å². The van der Waals surface area contributed by atoms with Crippen molar-refractivity contribution in [2.45, 2.75) is 68.5 Å². The van der Waals surface area contributed by atoms with Gasteiger partial charge in [-0.2, -0.15) is 0 Å². The van der Waals surface area contributed by atoms with Crippen LogP contribution in [0.5, 0.6) is 0 Å². The molecule has 2 aromatic carbocycles. The molecule has 0 radical (unpaired) electrons. The number of aryl methyl sites for hydroxylation is 2. The zero-order valence-corrected chi connectivity index (χ0v) is 23.9. The Balaban J connectivity index is 1.47. The zero-order chi connectivity index (χ0) is 27.7. The number of hydrogen-bond donors (Lipinski definition) is 3. The molecule has 3 amide bonds. The lowest BCUT2D eigenvalue weighted by Gasteiger charge is -2.34. The van der Waals surface area contributed by atoms with Crippen LogP contribution in [0.4, 0.5) is 11.4 Å². The maximum Gasteiger partial charge on any atom is 0.250 e. The third kappa shape index (κ3) is 5.00. The van der Waals surface area contributed by atoms with Crippen LogP contribution in [-0.2, 0) is 19.1 Å². The SMILES string of the molecule is Cc1cccc(C)c1NC(=O)C1N(CCCCCCO)C(=O)[C@@H]2[C@H](C(=O)Nc3ccccc3)[C@H]3OC12CC3Br. The maximum atomic E-state index is 14.1. The normalized spacial score (nSPS) is 29.0. The molecule has 0 aliphatic carbocycles. The highest BCUT2D eigenvalue weighted by Crippen LogP contribution is 2.60. The average Bonchev–Trinajstić information content (AvgIpc) is 3.50. The molecular weight excluding hydrogens is 562 g/mol. The number of likely N-dealkylation sites (tertiary alicyclic amines) is 1. The van der Waals surface area contributed by atoms with Gasteiger partial charge in [-0.15, -0.1) is 0 Å². The number of aliphatic hydroxyl groups is 1. The van der Waals surface area contributed by atoms with E-state index in [-0.39, 0.29) is 29.2 Å². The van der Waals surface area contributed by atoms with Crippen LogP contribution in [0.25, 0.3) is 0 Å². The van der Waals surface area contributed by atoms with E-state index in [0.717, 1.165) is 29.7 Å². The van der Waals surface area contributed by atoms with Crippen LogP contribution < -0.4 is 10.6 Å². The van der Waals surface area contributed by atoms with E-state index < -0.39 is 29.6 Å². The van der Waals surface area contributed by atoms with Crippen molar-refractivity contribution in [2.75, 3.05) is 23.8 Å². The molecule has 3 aliphatic heterocycles. The van der Waals surface area contributed by atoms with Crippen LogP contribution >= 0.6 is 15.9 Å². The molecule has 0 saturated carbocycles. The van der Waals surface area contributed by atoms with Gasteiger partial charge < -0.3 is 25.4 Å². The lowest BCUT2D eigenvalue weighted by atomic mass is 9.70. The van der Waals surface area contributed by atoms with Gasteiger partial charge in [-0.1, -0.05) is 65.2 Å². The molecule has 5 rings (SSSR count). The van der Waals surface area contributed by atoms with Gasteiger partial charge in [0.25, 0.3) is 0 Å². The van der Waals surface area contributed by atoms with E-state index in [0.29, 0.717) is 31.5 Å². The van der Waals surface area contributed by atoms with Crippen LogP contribution in [0.15, 0.2) is 48.5 Å². The first-order valence-electron chi connectivity index (χ1n) is 13.7. The molecule has 208 valence electrons. The van der Waals surface area contributed by atoms with Crippen LogP contribution in [0.2, 0.25) is 0 Å². The topological polar surface area (TPSA) is 108 Å². The van der Waals surface area contributed by atoms with Gasteiger partial charge in [-0.25, -0.2) is 0 Å². The first kappa shape index (κ1) is 27.8. The standard InChI is InChI=1S/C30H36BrN3O5/c1-18-11-10-12-19(2)24(18)33-28(37)26-30-17-21(31)25(39-30)22(27(36)32-20-13-6-5-7-14-20)23(30)29(38)34(26)15-8-3-4-9-16-35/h5-7,10-14,21-23,25-26,35H,3-4,8-9,15-17H2,1-2H3,(H,32,36)(H,33,37)/t21?,22-,23-,25-,26?,30?/m0/s1. The number of nitrogens with one attached hydrogen (secondary N) is 2. The molecule has 9 heteroatoms. The number of rotatable bonds is 10. The monoisotopic (exact) mass is 597 g/mol. The fourth-order valence-electron chi connectivity index (χ4n) is 6.67. The van der Waals surface area contributed by atoms with Crippen molar-refractivity contribution in [3.05, 3.63) is 59.7 Å². The molecule has 0 aromatic heterocycles. The fraction of sp³-hybridized carbons (Fsp3) is 0.500. The number of carbonyl (C=O) groups excluding carboxylic acids is 3. The first-order chi connectivity index (χ1) is 18.8. The minimum Gasteiger partial charge on any atom is -0.396 e. The average molecular weight is 599 g/mol. The third-order valence-electron chi connectivity index (χ3n) is 8.42. The molecule has 3 N–H and O–H groups in total. The second-order valence-electron chi connectivity index (χ2n) is 10.9. The number of ether oxygens (including phenoxy) is 1. The van der Waals surface area contributed by atoms with Crippen LogP contribution in [0, 0.1) is 25.7 Å². The quantitative estimate of drug-likeness (QED) is 0.281. The lowest BCUT2D eigenvalue weighted by Crippen LogP contribution is -2.54. The highest BCUT2D eigenvalue weighted by molar-refractivity contribution is 9.09. The van der Waals surface area contributed by atoms with Gasteiger partial charge in [-0.3, -0.25) is 14.4 Å². The van der Waals surface area contributed by atoms with E-state index in [1.54, 1.807) is 4.90 Å². The summed E-state index contributed by atoms with van der Waals surface area (Å²) in [5.74, 6) is -2.22. The van der Waals surface area contributed by atoms with E-state index >= 15 is 0 Å². The number of fused-ring (bicyclic) bond motifs is 1. The van der Waals surface area contributed by atoms with Crippen molar-refractivity contribution in [2.24, 2.45) is 11.8 Å². The van der Waals surface area contributed by atoms with E-state index in [2.05, 4.69) is 26.6 Å². The number of halogens is 1. The Hall–Kier alpha value is -2.75. The van der Waals surface area contributed by atoms with E-state index in [9.17, 15) is 14.4 Å². The van der Waals surface area contributed by atoms with Crippen LogP contribution in [-0.4, -0.2) is 63.5 Å². The molecule has 8 nitrogen and oxygen atoms in total. The number of para-hydroxylation sites is 2. The summed E-state index contributed by atoms with van der Waals surface area (Å²) >= 11 is 3.72. The van der Waals surface area contributed by atoms with Crippen molar-refractivity contribution >= 4 is 45.0 Å². The van der Waals surface area contributed by atoms with Gasteiger partial charge >= 0.3 is 0 Å². The Labute approximate surface area is 237 Å². The van der Waals surface area contributed by atoms with Crippen LogP contribution in [0.3, 0.4) is 0 Å². The molecule has 3 saturated heterocycles. The Morgan fingerprint density at radius 3 is 2.38 bits per heavy atom. The highest BCUT2D eigenvalue weighted by atomic mass is 79.9. The minimum absolute atomic E-state index is 0.134. The number of nitrogens with zero attached hydrogens (tertiary/aromatic N) is 1. The fourth-order valence-corrected chi connectivity index (χ4v) is 7.61. The molecule has 6 atom stereocenters. The second kappa shape index (κ2) is 11.4. The summed E-state index contributed by atoms with van der Waals surface area (Å²) in [5.41, 5.74) is 2.17. The third-order valence-corrected chi connectivity index (χ3v) is 9.26. The lowest BCUT2D eigenvalue weighted by molar-refractivity contribution is -0.139. The second-order valence-corrected chi connectivity index (χ2v) is 12.1. The summed E-state index contributed by atoms with van der Waals surface area (Å²) in [6, 6.07) is 14.2. The molecule has 1 spiro atoms. The maximum absolute atomic E-state index is 14.1. The van der Waals surface area contributed by atoms with Gasteiger partial charge in [0.2, 0.25) is 17.7 Å². The largest absolute Gasteiger partial charge is 0.396 e. The van der Waals surface area contributed by atoms with Gasteiger partial charge in [-0.05, 0) is 56.4 Å². The van der Waals surface area contributed by atoms with Gasteiger partial charge in [0.05, 0.1) is 17.9 Å². The molecular formula is C30H36BrN3O5. The summed E-state index contributed by atoms with van der Waals surface area (Å²) in [6.07, 6.45) is 3.03. The first-order valence-corrected chi connectivity index (χ1v) is 14.7. The molecule has 3 heterocycles. The van der Waals surface area contributed by atoms with E-state index in [1.807, 2.05) is 62.4 Å². The molecule has 3 aliphatic rings. The summed E-state index contributed by atoms with van der Waals surface area (Å²) in [5, 5.41) is 15.2. The molecule has 39 heavy (non-hydrogen) atoms. The molecule has 2 bridgehead atoms. The number of hydrogen-bond acceptors (Lipinski definition) is 5. The predicted octanol–water partition coefficient (Wildman–Crippen LogP) is 4.18. The number of benzene rings is 2. The van der Waals surface area contributed by atoms with Gasteiger partial charge in [0.1, 0.15) is 11.6 Å². The highest BCUT2D eigenvalue weighted by Gasteiger charge is 2.76. The molecule has 2 aromatic rings. The number of alkyl halides is 1. The summed E-state index contributed by atoms with van der Waals surface area (Å²) in [7, 11) is 0. The van der Waals surface area contributed by atoms with Crippen LogP contribution in [0.1, 0.15) is 43.2 Å². The number of aliphatic hydroxyl groups excluding tert-OH is 1. The summed E-state index contributed by atoms with van der Waals surface area (Å²) in [4.78, 5) is 43.3. The minimum atomic E-state index is -1.10. The number of amides is 3. The van der Waals surface area contributed by atoms with Crippen molar-refractivity contribution in [3.63, 3.8) is 0 Å². The number of anilines is 2. The van der Waals surface area contributed by atoms with Crippen molar-refractivity contribution in [1.82, 2.24) is 4.90 Å². The summed E-state index contributed by atoms with van der Waals surface area (Å²) < 4.78 is 6.58. The van der Waals surface area contributed by atoms with Crippen molar-refractivity contribution < 1.29 is 24.2 Å². The van der Waals surface area contributed by atoms with Crippen molar-refractivity contribution in [1.29, 1.82) is 0 Å². The molecule has 3 unspecified atom stereocenters. The number of unbranched alkanes of at least 4 members (excludes halogenated alkanes) is 3. The Morgan fingerprint density at radius 2 is 1.69 bits per heavy atom. The van der Waals surface area contributed by atoms with Gasteiger partial charge in [0.15, 0.2) is 0 Å². The number of carbonyl (C=O) groups is 3. The smallest absolute Gasteiger partial charge is 0.250 e. The Morgan fingerprint density at radius 1 is 1.00 bits per heavy atom. The van der Waals surface area contributed by atoms with E-state index in [1.165, 1.54) is 0 Å². The summed E-state index contributed by atoms with van der Waals surface area (Å²) in [6.45, 7) is 4.41. The Bertz CT molecular complexity index is 1220. The van der Waals surface area contributed by atoms with E-state index in [4.69, 9.17) is 9.84 Å². The predicted molar refractivity (Wildman–Crippen MR) is 153 cm³/mol. The zero-order valence-electron chi connectivity index (χ0n) is 22.4. The van der Waals surface area contributed by atoms with Crippen molar-refractivity contribution in [3.8, 4) is 0 Å².